The van der Waals surface area contributed by atoms with E-state index in [0.29, 0.717) is 6.61 Å². The fraction of sp³-hybridized carbons (Fsp3) is 1.00. The molecule has 0 rings (SSSR count). The molecule has 3 nitrogen and oxygen atoms in total. The van der Waals surface area contributed by atoms with Gasteiger partial charge in [-0.05, 0) is 25.5 Å². The summed E-state index contributed by atoms with van der Waals surface area (Å²) in [5.74, 6) is 1.82. The van der Waals surface area contributed by atoms with Crippen LogP contribution in [0.25, 0.3) is 0 Å². The predicted octanol–water partition coefficient (Wildman–Crippen LogP) is 3.23. The first-order chi connectivity index (χ1) is 9.22. The third kappa shape index (κ3) is 13.0. The average molecular weight is 292 g/mol. The van der Waals surface area contributed by atoms with Gasteiger partial charge in [0.1, 0.15) is 0 Å². The number of thioether (sulfide) groups is 1. The number of rotatable bonds is 14. The van der Waals surface area contributed by atoms with Gasteiger partial charge in [-0.2, -0.15) is 11.8 Å². The van der Waals surface area contributed by atoms with Crippen LogP contribution in [-0.4, -0.2) is 47.1 Å². The molecule has 0 fully saturated rings. The van der Waals surface area contributed by atoms with E-state index in [1.807, 2.05) is 6.92 Å². The minimum Gasteiger partial charge on any atom is -0.396 e. The van der Waals surface area contributed by atoms with E-state index < -0.39 is 0 Å². The van der Waals surface area contributed by atoms with E-state index in [4.69, 9.17) is 9.84 Å². The van der Waals surface area contributed by atoms with E-state index in [-0.39, 0.29) is 18.8 Å². The van der Waals surface area contributed by atoms with E-state index in [2.05, 4.69) is 6.92 Å². The lowest BCUT2D eigenvalue weighted by atomic mass is 10.1. The van der Waals surface area contributed by atoms with Gasteiger partial charge in [0.25, 0.3) is 0 Å². The van der Waals surface area contributed by atoms with Crippen molar-refractivity contribution < 1.29 is 14.9 Å². The summed E-state index contributed by atoms with van der Waals surface area (Å²) in [5, 5.41) is 18.3. The number of aliphatic hydroxyl groups is 2. The fourth-order valence-electron chi connectivity index (χ4n) is 1.98. The third-order valence-corrected chi connectivity index (χ3v) is 4.18. The quantitative estimate of drug-likeness (QED) is 0.483. The molecular formula is C15H32O3S. The maximum atomic E-state index is 9.69. The normalized spacial score (nSPS) is 14.5. The molecule has 2 atom stereocenters. The third-order valence-electron chi connectivity index (χ3n) is 3.13. The summed E-state index contributed by atoms with van der Waals surface area (Å²) < 4.78 is 5.76. The van der Waals surface area contributed by atoms with Crippen molar-refractivity contribution in [3.63, 3.8) is 0 Å². The number of hydrogen-bond acceptors (Lipinski definition) is 4. The van der Waals surface area contributed by atoms with Gasteiger partial charge in [-0.15, -0.1) is 0 Å². The first-order valence-electron chi connectivity index (χ1n) is 7.70. The molecule has 0 bridgehead atoms. The molecule has 0 radical (unpaired) electrons. The van der Waals surface area contributed by atoms with Crippen LogP contribution >= 0.6 is 11.8 Å². The Morgan fingerprint density at radius 1 is 1.05 bits per heavy atom. The molecule has 0 spiro atoms. The summed E-state index contributed by atoms with van der Waals surface area (Å²) >= 11 is 1.75. The van der Waals surface area contributed by atoms with Crippen molar-refractivity contribution in [3.05, 3.63) is 0 Å². The number of hydrogen-bond donors (Lipinski definition) is 2. The second kappa shape index (κ2) is 14.6. The highest BCUT2D eigenvalue weighted by Crippen LogP contribution is 2.13. The standard InChI is InChI=1S/C15H32O3S/c1-3-4-5-6-7-9-15(14(2)17)18-11-8-12-19-13-10-16/h14-17H,3-13H2,1-2H3. The Bertz CT molecular complexity index is 177. The summed E-state index contributed by atoms with van der Waals surface area (Å²) in [7, 11) is 0. The van der Waals surface area contributed by atoms with Crippen LogP contribution < -0.4 is 0 Å². The first-order valence-corrected chi connectivity index (χ1v) is 8.86. The Morgan fingerprint density at radius 2 is 1.79 bits per heavy atom. The van der Waals surface area contributed by atoms with Crippen molar-refractivity contribution in [2.45, 2.75) is 71.0 Å². The summed E-state index contributed by atoms with van der Waals surface area (Å²) in [6, 6.07) is 0. The van der Waals surface area contributed by atoms with Crippen LogP contribution in [0.3, 0.4) is 0 Å². The molecule has 0 saturated carbocycles. The number of aliphatic hydroxyl groups excluding tert-OH is 2. The highest BCUT2D eigenvalue weighted by Gasteiger charge is 2.14. The van der Waals surface area contributed by atoms with Gasteiger partial charge >= 0.3 is 0 Å². The maximum Gasteiger partial charge on any atom is 0.0831 e. The van der Waals surface area contributed by atoms with Crippen molar-refractivity contribution in [2.24, 2.45) is 0 Å². The van der Waals surface area contributed by atoms with Gasteiger partial charge in [0.05, 0.1) is 18.8 Å². The Kier molecular flexibility index (Phi) is 14.8. The van der Waals surface area contributed by atoms with Crippen LogP contribution in [0.1, 0.15) is 58.8 Å². The molecule has 0 aliphatic carbocycles. The van der Waals surface area contributed by atoms with Crippen LogP contribution in [0.4, 0.5) is 0 Å². The highest BCUT2D eigenvalue weighted by molar-refractivity contribution is 7.99. The van der Waals surface area contributed by atoms with Gasteiger partial charge < -0.3 is 14.9 Å². The van der Waals surface area contributed by atoms with Crippen LogP contribution in [0.15, 0.2) is 0 Å². The van der Waals surface area contributed by atoms with E-state index in [9.17, 15) is 5.11 Å². The van der Waals surface area contributed by atoms with E-state index in [0.717, 1.165) is 30.8 Å². The molecular weight excluding hydrogens is 260 g/mol. The zero-order valence-corrected chi connectivity index (χ0v) is 13.5. The molecule has 2 unspecified atom stereocenters. The zero-order valence-electron chi connectivity index (χ0n) is 12.6. The second-order valence-corrected chi connectivity index (χ2v) is 6.27. The maximum absolute atomic E-state index is 9.69. The molecule has 0 aromatic carbocycles. The number of unbranched alkanes of at least 4 members (excludes halogenated alkanes) is 4. The second-order valence-electron chi connectivity index (χ2n) is 5.04. The van der Waals surface area contributed by atoms with Crippen molar-refractivity contribution in [2.75, 3.05) is 24.7 Å². The molecule has 116 valence electrons. The van der Waals surface area contributed by atoms with E-state index in [1.165, 1.54) is 25.7 Å². The monoisotopic (exact) mass is 292 g/mol. The Balaban J connectivity index is 3.51. The largest absolute Gasteiger partial charge is 0.396 e. The molecule has 0 aliphatic heterocycles. The van der Waals surface area contributed by atoms with Crippen molar-refractivity contribution in [3.8, 4) is 0 Å². The molecule has 4 heteroatoms. The fourth-order valence-corrected chi connectivity index (χ4v) is 2.63. The molecule has 0 heterocycles. The average Bonchev–Trinajstić information content (AvgIpc) is 2.39. The zero-order chi connectivity index (χ0) is 14.3. The summed E-state index contributed by atoms with van der Waals surface area (Å²) in [5.41, 5.74) is 0. The number of ether oxygens (including phenoxy) is 1. The van der Waals surface area contributed by atoms with Crippen molar-refractivity contribution >= 4 is 11.8 Å². The lowest BCUT2D eigenvalue weighted by molar-refractivity contribution is -0.0341. The smallest absolute Gasteiger partial charge is 0.0831 e. The van der Waals surface area contributed by atoms with E-state index >= 15 is 0 Å². The summed E-state index contributed by atoms with van der Waals surface area (Å²) in [4.78, 5) is 0. The Morgan fingerprint density at radius 3 is 2.42 bits per heavy atom. The molecule has 0 aromatic rings. The van der Waals surface area contributed by atoms with Crippen LogP contribution in [0.5, 0.6) is 0 Å². The molecule has 0 amide bonds. The molecule has 0 aliphatic rings. The highest BCUT2D eigenvalue weighted by atomic mass is 32.2. The lowest BCUT2D eigenvalue weighted by Crippen LogP contribution is -2.27. The van der Waals surface area contributed by atoms with Crippen LogP contribution in [0, 0.1) is 0 Å². The van der Waals surface area contributed by atoms with Crippen LogP contribution in [-0.2, 0) is 4.74 Å². The minimum atomic E-state index is -0.378. The molecule has 0 aromatic heterocycles. The van der Waals surface area contributed by atoms with Gasteiger partial charge in [-0.1, -0.05) is 39.0 Å². The molecule has 0 saturated heterocycles. The Labute approximate surface area is 123 Å². The van der Waals surface area contributed by atoms with Gasteiger partial charge in [-0.3, -0.25) is 0 Å². The Hall–Kier alpha value is 0.230. The predicted molar refractivity (Wildman–Crippen MR) is 83.8 cm³/mol. The van der Waals surface area contributed by atoms with Crippen molar-refractivity contribution in [1.82, 2.24) is 0 Å². The molecule has 19 heavy (non-hydrogen) atoms. The van der Waals surface area contributed by atoms with E-state index in [1.54, 1.807) is 11.8 Å². The van der Waals surface area contributed by atoms with Gasteiger partial charge in [0, 0.05) is 12.4 Å². The first kappa shape index (κ1) is 19.2. The topological polar surface area (TPSA) is 49.7 Å². The van der Waals surface area contributed by atoms with Crippen LogP contribution in [0.2, 0.25) is 0 Å². The summed E-state index contributed by atoms with van der Waals surface area (Å²) in [6.45, 7) is 5.00. The van der Waals surface area contributed by atoms with Crippen molar-refractivity contribution in [1.29, 1.82) is 0 Å². The molecule has 2 N–H and O–H groups in total. The van der Waals surface area contributed by atoms with Gasteiger partial charge in [0.2, 0.25) is 0 Å². The van der Waals surface area contributed by atoms with Gasteiger partial charge in [-0.25, -0.2) is 0 Å². The SMILES string of the molecule is CCCCCCCC(OCCCSCCO)C(C)O. The minimum absolute atomic E-state index is 0.00975. The summed E-state index contributed by atoms with van der Waals surface area (Å²) in [6.07, 6.45) is 7.82. The van der Waals surface area contributed by atoms with Gasteiger partial charge in [0.15, 0.2) is 0 Å². The lowest BCUT2D eigenvalue weighted by Gasteiger charge is -2.20.